The van der Waals surface area contributed by atoms with Gasteiger partial charge in [0.25, 0.3) is 0 Å². The molecule has 0 radical (unpaired) electrons. The van der Waals surface area contributed by atoms with Crippen LogP contribution in [-0.2, 0) is 43.2 Å². The predicted molar refractivity (Wildman–Crippen MR) is 200 cm³/mol. The molecule has 0 rings (SSSR count). The van der Waals surface area contributed by atoms with Crippen LogP contribution in [0.1, 0.15) is 87.5 Å². The molecule has 20 nitrogen and oxygen atoms in total. The molecule has 55 heavy (non-hydrogen) atoms. The summed E-state index contributed by atoms with van der Waals surface area (Å²) in [6, 6.07) is -8.07. The largest absolute Gasteiger partial charge is 0.480 e. The molecule has 0 aromatic rings. The van der Waals surface area contributed by atoms with Crippen molar-refractivity contribution in [2.75, 3.05) is 19.7 Å². The number of nitrogens with two attached hydrogens (primary N) is 2. The van der Waals surface area contributed by atoms with Gasteiger partial charge < -0.3 is 58.9 Å². The predicted octanol–water partition coefficient (Wildman–Crippen LogP) is -2.89. The van der Waals surface area contributed by atoms with Gasteiger partial charge in [0, 0.05) is 0 Å². The van der Waals surface area contributed by atoms with Crippen molar-refractivity contribution in [3.63, 3.8) is 0 Å². The molecule has 0 aromatic carbocycles. The summed E-state index contributed by atoms with van der Waals surface area (Å²) in [7, 11) is 0. The number of carbonyl (C=O) groups is 9. The Balaban J connectivity index is 5.99. The second kappa shape index (κ2) is 25.3. The lowest BCUT2D eigenvalue weighted by Gasteiger charge is -2.29. The number of amides is 8. The van der Waals surface area contributed by atoms with Crippen molar-refractivity contribution in [2.45, 2.75) is 124 Å². The third-order valence-corrected chi connectivity index (χ3v) is 8.75. The number of aliphatic hydroxyl groups excluding tert-OH is 1. The molecule has 8 atom stereocenters. The Hall–Kier alpha value is -4.85. The van der Waals surface area contributed by atoms with Gasteiger partial charge in [0.05, 0.1) is 26.1 Å². The van der Waals surface area contributed by atoms with E-state index in [1.807, 2.05) is 13.8 Å². The fraction of sp³-hybridized carbons (Fsp3) is 0.743. The van der Waals surface area contributed by atoms with Gasteiger partial charge in [-0.05, 0) is 36.5 Å². The van der Waals surface area contributed by atoms with E-state index in [1.54, 1.807) is 41.5 Å². The molecule has 20 heteroatoms. The quantitative estimate of drug-likeness (QED) is 0.0421. The van der Waals surface area contributed by atoms with Gasteiger partial charge in [-0.3, -0.25) is 38.4 Å². The molecule has 0 spiro atoms. The van der Waals surface area contributed by atoms with E-state index < -0.39 is 121 Å². The number of hydrogen-bond acceptors (Lipinski definition) is 11. The minimum Gasteiger partial charge on any atom is -0.480 e. The molecule has 0 aromatic heterocycles. The first kappa shape index (κ1) is 50.1. The second-order valence-corrected chi connectivity index (χ2v) is 14.5. The molecule has 0 fully saturated rings. The molecule has 0 aliphatic heterocycles. The van der Waals surface area contributed by atoms with Crippen LogP contribution in [0.2, 0.25) is 0 Å². The van der Waals surface area contributed by atoms with Crippen molar-refractivity contribution >= 4 is 53.2 Å². The van der Waals surface area contributed by atoms with Crippen molar-refractivity contribution in [1.29, 1.82) is 0 Å². The smallest absolute Gasteiger partial charge is 0.326 e. The number of hydrogen-bond donors (Lipinski definition) is 11. The fourth-order valence-electron chi connectivity index (χ4n) is 5.22. The van der Waals surface area contributed by atoms with Crippen molar-refractivity contribution in [3.05, 3.63) is 0 Å². The summed E-state index contributed by atoms with van der Waals surface area (Å²) in [5.41, 5.74) is 10.7. The molecule has 0 heterocycles. The monoisotopic (exact) mass is 785 g/mol. The Bertz CT molecular complexity index is 1340. The van der Waals surface area contributed by atoms with Gasteiger partial charge in [0.2, 0.25) is 47.3 Å². The standard InChI is InChI=1S/C35H63N9O11/c1-9-19(7)28(44-32(51)22(12-18(5)6)39-26(47)14-36)34(53)42-24(16-45)33(52)41-23(13-25(37)46)31(50)40-21(11-17(3)4)30(49)38-15-27(48)43-29(35(54)55)20(8)10-2/h17-24,28-29,45H,9-16,36H2,1-8H3,(H2,37,46)(H,38,49)(H,39,47)(H,40,50)(H,41,52)(H,42,53)(H,43,48)(H,44,51)(H,54,55). The third-order valence-electron chi connectivity index (χ3n) is 8.75. The third kappa shape index (κ3) is 18.8. The summed E-state index contributed by atoms with van der Waals surface area (Å²) in [6.45, 7) is 12.0. The average molecular weight is 786 g/mol. The maximum atomic E-state index is 13.5. The second-order valence-electron chi connectivity index (χ2n) is 14.5. The summed E-state index contributed by atoms with van der Waals surface area (Å²) in [4.78, 5) is 114. The van der Waals surface area contributed by atoms with Gasteiger partial charge in [-0.1, -0.05) is 68.2 Å². The number of carbonyl (C=O) groups excluding carboxylic acids is 8. The van der Waals surface area contributed by atoms with Crippen LogP contribution in [0.15, 0.2) is 0 Å². The number of aliphatic carboxylic acids is 1. The van der Waals surface area contributed by atoms with E-state index in [1.165, 1.54) is 0 Å². The number of primary amides is 1. The molecule has 0 saturated carbocycles. The highest BCUT2D eigenvalue weighted by Gasteiger charge is 2.35. The van der Waals surface area contributed by atoms with E-state index in [4.69, 9.17) is 11.5 Å². The van der Waals surface area contributed by atoms with E-state index in [0.717, 1.165) is 0 Å². The van der Waals surface area contributed by atoms with Crippen molar-refractivity contribution < 1.29 is 53.4 Å². The van der Waals surface area contributed by atoms with Gasteiger partial charge in [-0.2, -0.15) is 0 Å². The normalized spacial score (nSPS) is 15.5. The number of aliphatic hydroxyl groups is 1. The highest BCUT2D eigenvalue weighted by Crippen LogP contribution is 2.12. The number of nitrogens with one attached hydrogen (secondary N) is 7. The van der Waals surface area contributed by atoms with Crippen LogP contribution in [0.3, 0.4) is 0 Å². The summed E-state index contributed by atoms with van der Waals surface area (Å²) >= 11 is 0. The highest BCUT2D eigenvalue weighted by molar-refractivity contribution is 5.98. The minimum atomic E-state index is -1.68. The maximum Gasteiger partial charge on any atom is 0.326 e. The molecule has 8 unspecified atom stereocenters. The van der Waals surface area contributed by atoms with Gasteiger partial charge >= 0.3 is 5.97 Å². The lowest BCUT2D eigenvalue weighted by molar-refractivity contribution is -0.143. The molecule has 314 valence electrons. The molecular weight excluding hydrogens is 722 g/mol. The summed E-state index contributed by atoms with van der Waals surface area (Å²) < 4.78 is 0. The molecule has 0 aliphatic rings. The first-order valence-corrected chi connectivity index (χ1v) is 18.5. The summed E-state index contributed by atoms with van der Waals surface area (Å²) in [6.07, 6.45) is 0.404. The van der Waals surface area contributed by atoms with Gasteiger partial charge in [-0.25, -0.2) is 4.79 Å². The van der Waals surface area contributed by atoms with Crippen LogP contribution in [-0.4, -0.2) is 119 Å². The molecule has 0 saturated heterocycles. The van der Waals surface area contributed by atoms with Gasteiger partial charge in [0.15, 0.2) is 0 Å². The van der Waals surface area contributed by atoms with E-state index >= 15 is 0 Å². The summed E-state index contributed by atoms with van der Waals surface area (Å²) in [5, 5.41) is 36.4. The molecule has 13 N–H and O–H groups in total. The Labute approximate surface area is 322 Å². The lowest BCUT2D eigenvalue weighted by atomic mass is 9.96. The fourth-order valence-corrected chi connectivity index (χ4v) is 5.22. The van der Waals surface area contributed by atoms with E-state index in [-0.39, 0.29) is 31.2 Å². The van der Waals surface area contributed by atoms with E-state index in [0.29, 0.717) is 12.8 Å². The van der Waals surface area contributed by atoms with Crippen molar-refractivity contribution in [1.82, 2.24) is 37.2 Å². The van der Waals surface area contributed by atoms with Crippen molar-refractivity contribution in [3.8, 4) is 0 Å². The van der Waals surface area contributed by atoms with Gasteiger partial charge in [-0.15, -0.1) is 0 Å². The Morgan fingerprint density at radius 3 is 1.47 bits per heavy atom. The average Bonchev–Trinajstić information content (AvgIpc) is 3.11. The highest BCUT2D eigenvalue weighted by atomic mass is 16.4. The first-order chi connectivity index (χ1) is 25.6. The number of carboxylic acids is 1. The van der Waals surface area contributed by atoms with E-state index in [9.17, 15) is 53.4 Å². The number of rotatable bonds is 26. The van der Waals surface area contributed by atoms with E-state index in [2.05, 4.69) is 37.2 Å². The zero-order valence-corrected chi connectivity index (χ0v) is 33.2. The van der Waals surface area contributed by atoms with Crippen LogP contribution < -0.4 is 48.7 Å². The topological polar surface area (TPSA) is 330 Å². The van der Waals surface area contributed by atoms with Crippen LogP contribution >= 0.6 is 0 Å². The van der Waals surface area contributed by atoms with Crippen LogP contribution in [0, 0.1) is 23.7 Å². The van der Waals surface area contributed by atoms with Crippen LogP contribution in [0.25, 0.3) is 0 Å². The lowest BCUT2D eigenvalue weighted by Crippen LogP contribution is -2.61. The molecule has 0 bridgehead atoms. The minimum absolute atomic E-state index is 0.0212. The van der Waals surface area contributed by atoms with Crippen LogP contribution in [0.4, 0.5) is 0 Å². The molecule has 8 amide bonds. The number of carboxylic acid groups (broad SMARTS) is 1. The van der Waals surface area contributed by atoms with Gasteiger partial charge in [0.1, 0.15) is 36.3 Å². The molecular formula is C35H63N9O11. The Kier molecular flexibility index (Phi) is 23.0. The maximum absolute atomic E-state index is 13.5. The zero-order chi connectivity index (χ0) is 42.6. The molecule has 0 aliphatic carbocycles. The Morgan fingerprint density at radius 2 is 1.02 bits per heavy atom. The summed E-state index contributed by atoms with van der Waals surface area (Å²) in [5.74, 6) is -9.18. The SMILES string of the molecule is CCC(C)C(NC(=O)CNC(=O)C(CC(C)C)NC(=O)C(CC(N)=O)NC(=O)C(CO)NC(=O)C(NC(=O)C(CC(C)C)NC(=O)CN)C(C)CC)C(=O)O. The van der Waals surface area contributed by atoms with Crippen LogP contribution in [0.5, 0.6) is 0 Å². The Morgan fingerprint density at radius 1 is 0.564 bits per heavy atom. The first-order valence-electron chi connectivity index (χ1n) is 18.5. The van der Waals surface area contributed by atoms with Crippen molar-refractivity contribution in [2.24, 2.45) is 35.1 Å². The zero-order valence-electron chi connectivity index (χ0n) is 33.2.